The molecule has 5 rings (SSSR count). The van der Waals surface area contributed by atoms with E-state index in [1.165, 1.54) is 65.5 Å². The quantitative estimate of drug-likeness (QED) is 0.332. The van der Waals surface area contributed by atoms with Gasteiger partial charge in [0.25, 0.3) is 0 Å². The largest absolute Gasteiger partial charge is 0.0727 e. The number of rotatable bonds is 2. The first-order chi connectivity index (χ1) is 17.1. The van der Waals surface area contributed by atoms with Crippen molar-refractivity contribution in [3.05, 3.63) is 81.4 Å². The number of hydrogen-bond acceptors (Lipinski definition) is 0. The molecule has 0 amide bonds. The molecule has 0 N–H and O–H groups in total. The number of hydrogen-bond donors (Lipinski definition) is 0. The molecular formula is C37H50. The minimum Gasteiger partial charge on any atom is -0.0727 e. The fourth-order valence-electron chi connectivity index (χ4n) is 7.30. The van der Waals surface area contributed by atoms with Crippen LogP contribution in [0.3, 0.4) is 0 Å². The molecule has 0 aliphatic heterocycles. The third-order valence-corrected chi connectivity index (χ3v) is 9.71. The Balaban J connectivity index is 1.76. The van der Waals surface area contributed by atoms with Gasteiger partial charge in [0.15, 0.2) is 0 Å². The molecule has 0 heteroatoms. The highest BCUT2D eigenvalue weighted by atomic mass is 14.5. The normalized spacial score (nSPS) is 21.4. The van der Waals surface area contributed by atoms with Gasteiger partial charge in [0.1, 0.15) is 0 Å². The van der Waals surface area contributed by atoms with E-state index in [4.69, 9.17) is 0 Å². The van der Waals surface area contributed by atoms with E-state index in [1.807, 2.05) is 0 Å². The fourth-order valence-corrected chi connectivity index (χ4v) is 7.30. The summed E-state index contributed by atoms with van der Waals surface area (Å²) in [5.74, 6) is 0.509. The monoisotopic (exact) mass is 494 g/mol. The molecule has 0 heterocycles. The van der Waals surface area contributed by atoms with Gasteiger partial charge in [-0.3, -0.25) is 0 Å². The Bertz CT molecular complexity index is 1270. The van der Waals surface area contributed by atoms with Crippen molar-refractivity contribution in [2.45, 2.75) is 124 Å². The molecule has 3 aliphatic rings. The zero-order chi connectivity index (χ0) is 27.0. The lowest BCUT2D eigenvalue weighted by Crippen LogP contribution is -2.38. The van der Waals surface area contributed by atoms with Crippen LogP contribution in [0.2, 0.25) is 0 Å². The molecular weight excluding hydrogens is 444 g/mol. The van der Waals surface area contributed by atoms with E-state index < -0.39 is 0 Å². The Morgan fingerprint density at radius 3 is 1.89 bits per heavy atom. The summed E-state index contributed by atoms with van der Waals surface area (Å²) < 4.78 is 0. The van der Waals surface area contributed by atoms with E-state index in [2.05, 4.69) is 112 Å². The van der Waals surface area contributed by atoms with Crippen LogP contribution in [0, 0.1) is 11.3 Å². The van der Waals surface area contributed by atoms with Crippen molar-refractivity contribution in [1.29, 1.82) is 0 Å². The fraction of sp³-hybridized carbons (Fsp3) is 0.568. The van der Waals surface area contributed by atoms with E-state index in [0.29, 0.717) is 5.92 Å². The van der Waals surface area contributed by atoms with Crippen molar-refractivity contribution < 1.29 is 0 Å². The predicted molar refractivity (Wildman–Crippen MR) is 162 cm³/mol. The molecule has 198 valence electrons. The van der Waals surface area contributed by atoms with Crippen molar-refractivity contribution in [2.24, 2.45) is 11.3 Å². The van der Waals surface area contributed by atoms with Gasteiger partial charge in [-0.25, -0.2) is 0 Å². The summed E-state index contributed by atoms with van der Waals surface area (Å²) >= 11 is 0. The minimum atomic E-state index is 0.122. The highest BCUT2D eigenvalue weighted by molar-refractivity contribution is 5.80. The van der Waals surface area contributed by atoms with Crippen molar-refractivity contribution in [3.63, 3.8) is 0 Å². The first kappa shape index (κ1) is 26.5. The van der Waals surface area contributed by atoms with Crippen LogP contribution in [0.1, 0.15) is 129 Å². The van der Waals surface area contributed by atoms with Crippen LogP contribution >= 0.6 is 0 Å². The SMILES string of the molecule is CC1=CC(C(C)(C)C)=CC1C1(c2cc(C(C)(C)C)cc3c2Cc2ccc(C(C)(C)C)cc2-3)CCCCC1. The van der Waals surface area contributed by atoms with Crippen LogP contribution in [0.5, 0.6) is 0 Å². The van der Waals surface area contributed by atoms with Crippen LogP contribution in [0.4, 0.5) is 0 Å². The molecule has 37 heavy (non-hydrogen) atoms. The van der Waals surface area contributed by atoms with Crippen LogP contribution in [0.15, 0.2) is 53.6 Å². The zero-order valence-electron chi connectivity index (χ0n) is 25.4. The van der Waals surface area contributed by atoms with E-state index in [1.54, 1.807) is 16.7 Å². The van der Waals surface area contributed by atoms with Gasteiger partial charge < -0.3 is 0 Å². The maximum Gasteiger partial charge on any atom is 0.00803 e. The van der Waals surface area contributed by atoms with Crippen molar-refractivity contribution in [2.75, 3.05) is 0 Å². The van der Waals surface area contributed by atoms with Crippen LogP contribution in [-0.2, 0) is 22.7 Å². The molecule has 0 saturated heterocycles. The molecule has 0 spiro atoms. The lowest BCUT2D eigenvalue weighted by Gasteiger charge is -2.45. The molecule has 0 bridgehead atoms. The van der Waals surface area contributed by atoms with Gasteiger partial charge in [0, 0.05) is 11.3 Å². The van der Waals surface area contributed by atoms with Gasteiger partial charge in [0.2, 0.25) is 0 Å². The number of allylic oxidation sites excluding steroid dienone is 4. The Kier molecular flexibility index (Phi) is 6.25. The predicted octanol–water partition coefficient (Wildman–Crippen LogP) is 10.6. The van der Waals surface area contributed by atoms with Crippen molar-refractivity contribution in [3.8, 4) is 11.1 Å². The van der Waals surface area contributed by atoms with Crippen molar-refractivity contribution in [1.82, 2.24) is 0 Å². The van der Waals surface area contributed by atoms with Gasteiger partial charge in [-0.2, -0.15) is 0 Å². The van der Waals surface area contributed by atoms with Crippen LogP contribution in [0.25, 0.3) is 11.1 Å². The average molecular weight is 495 g/mol. The summed E-state index contributed by atoms with van der Waals surface area (Å²) in [6.07, 6.45) is 13.0. The lowest BCUT2D eigenvalue weighted by molar-refractivity contribution is 0.244. The van der Waals surface area contributed by atoms with Crippen LogP contribution < -0.4 is 0 Å². The van der Waals surface area contributed by atoms with Gasteiger partial charge in [-0.15, -0.1) is 0 Å². The highest BCUT2D eigenvalue weighted by Gasteiger charge is 2.46. The van der Waals surface area contributed by atoms with E-state index >= 15 is 0 Å². The first-order valence-electron chi connectivity index (χ1n) is 14.8. The average Bonchev–Trinajstić information content (AvgIpc) is 3.38. The molecule has 1 atom stereocenters. The van der Waals surface area contributed by atoms with Crippen molar-refractivity contribution >= 4 is 0 Å². The lowest BCUT2D eigenvalue weighted by atomic mass is 9.59. The van der Waals surface area contributed by atoms with Gasteiger partial charge in [-0.05, 0) is 86.9 Å². The van der Waals surface area contributed by atoms with E-state index in [9.17, 15) is 0 Å². The molecule has 1 fully saturated rings. The number of benzene rings is 2. The summed E-state index contributed by atoms with van der Waals surface area (Å²) in [5.41, 5.74) is 14.6. The maximum absolute atomic E-state index is 2.68. The Morgan fingerprint density at radius 1 is 0.703 bits per heavy atom. The van der Waals surface area contributed by atoms with Gasteiger partial charge in [0.05, 0.1) is 0 Å². The summed E-state index contributed by atoms with van der Waals surface area (Å²) in [4.78, 5) is 0. The van der Waals surface area contributed by atoms with Gasteiger partial charge in [-0.1, -0.05) is 130 Å². The van der Waals surface area contributed by atoms with E-state index in [-0.39, 0.29) is 21.7 Å². The molecule has 0 nitrogen and oxygen atoms in total. The molecule has 3 aliphatic carbocycles. The molecule has 2 aromatic rings. The van der Waals surface area contributed by atoms with Crippen LogP contribution in [-0.4, -0.2) is 0 Å². The second kappa shape index (κ2) is 8.72. The Hall–Kier alpha value is -2.08. The highest BCUT2D eigenvalue weighted by Crippen LogP contribution is 2.56. The Morgan fingerprint density at radius 2 is 1.32 bits per heavy atom. The first-order valence-corrected chi connectivity index (χ1v) is 14.8. The summed E-state index contributed by atoms with van der Waals surface area (Å²) in [6.45, 7) is 23.7. The number of fused-ring (bicyclic) bond motifs is 3. The molecule has 0 radical (unpaired) electrons. The zero-order valence-corrected chi connectivity index (χ0v) is 25.4. The third kappa shape index (κ3) is 4.57. The minimum absolute atomic E-state index is 0.122. The molecule has 0 aromatic heterocycles. The second-order valence-electron chi connectivity index (χ2n) is 15.6. The maximum atomic E-state index is 2.68. The topological polar surface area (TPSA) is 0 Å². The standard InChI is InChI=1S/C37H50/c1-24-18-27(35(5,6)7)22-32(24)37(16-12-11-13-17-37)33-23-28(36(8,9)10)21-30-29-20-26(34(2,3)4)15-14-25(29)19-31(30)33/h14-15,18,20-23,32H,11-13,16-17,19H2,1-10H3. The van der Waals surface area contributed by atoms with E-state index in [0.717, 1.165) is 6.42 Å². The summed E-state index contributed by atoms with van der Waals surface area (Å²) in [6, 6.07) is 12.6. The second-order valence-corrected chi connectivity index (χ2v) is 15.6. The van der Waals surface area contributed by atoms with Gasteiger partial charge >= 0.3 is 0 Å². The third-order valence-electron chi connectivity index (χ3n) is 9.71. The molecule has 1 saturated carbocycles. The summed E-state index contributed by atoms with van der Waals surface area (Å²) in [5, 5.41) is 0. The Labute approximate surface area is 227 Å². The smallest absolute Gasteiger partial charge is 0.00803 e. The summed E-state index contributed by atoms with van der Waals surface area (Å²) in [7, 11) is 0. The molecule has 1 unspecified atom stereocenters. The molecule has 2 aromatic carbocycles.